The van der Waals surface area contributed by atoms with Gasteiger partial charge in [0.15, 0.2) is 0 Å². The lowest BCUT2D eigenvalue weighted by Gasteiger charge is -2.14. The van der Waals surface area contributed by atoms with Crippen molar-refractivity contribution in [1.82, 2.24) is 9.13 Å². The number of rotatable bonds is 5. The molecule has 13 aromatic rings. The molecule has 2 nitrogen and oxygen atoms in total. The minimum atomic E-state index is 1.14. The molecule has 1 aliphatic rings. The summed E-state index contributed by atoms with van der Waals surface area (Å²) in [6.07, 6.45) is 0. The van der Waals surface area contributed by atoms with E-state index in [0.717, 1.165) is 11.4 Å². The monoisotopic (exact) mass is 810 g/mol. The maximum atomic E-state index is 2.50. The van der Waals surface area contributed by atoms with Crippen molar-refractivity contribution in [2.75, 3.05) is 0 Å². The summed E-state index contributed by atoms with van der Waals surface area (Å²) in [7, 11) is 0. The summed E-state index contributed by atoms with van der Waals surface area (Å²) >= 11 is 0. The van der Waals surface area contributed by atoms with Crippen LogP contribution in [0.1, 0.15) is 0 Å². The van der Waals surface area contributed by atoms with Crippen LogP contribution in [-0.4, -0.2) is 9.13 Å². The van der Waals surface area contributed by atoms with Gasteiger partial charge in [0.05, 0.1) is 22.1 Å². The molecule has 0 amide bonds. The van der Waals surface area contributed by atoms with E-state index in [1.54, 1.807) is 0 Å². The number of hydrogen-bond donors (Lipinski definition) is 0. The summed E-state index contributed by atoms with van der Waals surface area (Å²) < 4.78 is 4.91. The molecule has 0 saturated heterocycles. The van der Waals surface area contributed by atoms with Crippen LogP contribution in [0, 0.1) is 0 Å². The molecule has 0 spiro atoms. The third-order valence-corrected chi connectivity index (χ3v) is 13.8. The van der Waals surface area contributed by atoms with Gasteiger partial charge in [-0.3, -0.25) is 0 Å². The molecule has 2 aromatic heterocycles. The Morgan fingerprint density at radius 3 is 1.59 bits per heavy atom. The lowest BCUT2D eigenvalue weighted by Crippen LogP contribution is -1.96. The van der Waals surface area contributed by atoms with Crippen LogP contribution in [0.25, 0.3) is 132 Å². The summed E-state index contributed by atoms with van der Waals surface area (Å²) in [4.78, 5) is 0. The average molecular weight is 811 g/mol. The third kappa shape index (κ3) is 5.08. The molecule has 0 aliphatic heterocycles. The van der Waals surface area contributed by atoms with E-state index in [0.29, 0.717) is 0 Å². The van der Waals surface area contributed by atoms with Gasteiger partial charge in [0.25, 0.3) is 0 Å². The smallest absolute Gasteiger partial charge is 0.0619 e. The van der Waals surface area contributed by atoms with Crippen LogP contribution in [0.15, 0.2) is 231 Å². The molecule has 2 heterocycles. The first kappa shape index (κ1) is 35.2. The van der Waals surface area contributed by atoms with Crippen LogP contribution in [0.4, 0.5) is 0 Å². The summed E-state index contributed by atoms with van der Waals surface area (Å²) in [6, 6.07) is 85.3. The first-order chi connectivity index (χ1) is 31.7. The second-order valence-electron chi connectivity index (χ2n) is 17.2. The molecule has 1 aliphatic carbocycles. The molecular weight excluding hydrogens is 773 g/mol. The van der Waals surface area contributed by atoms with Gasteiger partial charge in [0, 0.05) is 38.3 Å². The van der Waals surface area contributed by atoms with Gasteiger partial charge in [-0.05, 0) is 120 Å². The van der Waals surface area contributed by atoms with E-state index < -0.39 is 0 Å². The van der Waals surface area contributed by atoms with Crippen LogP contribution >= 0.6 is 0 Å². The van der Waals surface area contributed by atoms with Gasteiger partial charge in [-0.25, -0.2) is 0 Å². The predicted octanol–water partition coefficient (Wildman–Crippen LogP) is 16.8. The molecule has 0 fully saturated rings. The Labute approximate surface area is 370 Å². The first-order valence-corrected chi connectivity index (χ1v) is 22.2. The SMILES string of the molecule is c1ccc(-n2c3ccccc3c3ccc(-c4ccc5c6ccc7ccccc7c6n(-c6cccc(-c7cccc(-c8ccc9c%10c(cccc8%10)-c8ccccc8-9)c7)c6)c5c4)cc32)cc1. The fourth-order valence-corrected chi connectivity index (χ4v) is 11.0. The standard InChI is InChI=1S/C62H38N2/c1-2-17-45(18-3-1)63-58-26-9-8-23-51(58)52-30-28-42(37-59(52)63)43-29-31-53-57-32-27-39-13-4-5-20-48(39)62(57)64(60(53)38-43)46-19-11-15-41(36-46)40-14-10-16-44(35-40)47-33-34-56-50-22-7-6-21-49(50)55-25-12-24-54(47)61(55)56/h1-38H. The topological polar surface area (TPSA) is 9.86 Å². The average Bonchev–Trinajstić information content (AvgIpc) is 4.00. The molecule has 0 radical (unpaired) electrons. The zero-order valence-corrected chi connectivity index (χ0v) is 34.8. The van der Waals surface area contributed by atoms with E-state index in [1.807, 2.05) is 0 Å². The van der Waals surface area contributed by atoms with Crippen LogP contribution in [0.5, 0.6) is 0 Å². The Morgan fingerprint density at radius 2 is 0.766 bits per heavy atom. The molecule has 64 heavy (non-hydrogen) atoms. The van der Waals surface area contributed by atoms with E-state index in [1.165, 1.54) is 121 Å². The van der Waals surface area contributed by atoms with Crippen LogP contribution in [-0.2, 0) is 0 Å². The van der Waals surface area contributed by atoms with Crippen molar-refractivity contribution >= 4 is 65.2 Å². The molecule has 0 atom stereocenters. The number of fused-ring (bicyclic) bond motifs is 11. The van der Waals surface area contributed by atoms with Crippen molar-refractivity contribution in [3.63, 3.8) is 0 Å². The summed E-state index contributed by atoms with van der Waals surface area (Å²) in [6.45, 7) is 0. The van der Waals surface area contributed by atoms with Gasteiger partial charge >= 0.3 is 0 Å². The largest absolute Gasteiger partial charge is 0.309 e. The van der Waals surface area contributed by atoms with Crippen molar-refractivity contribution in [1.29, 1.82) is 0 Å². The minimum Gasteiger partial charge on any atom is -0.309 e. The Balaban J connectivity index is 0.941. The molecule has 0 N–H and O–H groups in total. The highest BCUT2D eigenvalue weighted by Crippen LogP contribution is 2.49. The Bertz CT molecular complexity index is 4040. The van der Waals surface area contributed by atoms with Crippen LogP contribution in [0.2, 0.25) is 0 Å². The molecule has 14 rings (SSSR count). The highest BCUT2D eigenvalue weighted by atomic mass is 15.0. The zero-order valence-electron chi connectivity index (χ0n) is 34.8. The molecule has 0 bridgehead atoms. The maximum absolute atomic E-state index is 2.50. The maximum Gasteiger partial charge on any atom is 0.0619 e. The van der Waals surface area contributed by atoms with Crippen molar-refractivity contribution in [2.24, 2.45) is 0 Å². The lowest BCUT2D eigenvalue weighted by atomic mass is 9.92. The minimum absolute atomic E-state index is 1.14. The number of para-hydroxylation sites is 2. The van der Waals surface area contributed by atoms with E-state index in [9.17, 15) is 0 Å². The number of nitrogens with zero attached hydrogens (tertiary/aromatic N) is 2. The van der Waals surface area contributed by atoms with Gasteiger partial charge in [0.1, 0.15) is 0 Å². The number of benzene rings is 11. The molecule has 11 aromatic carbocycles. The lowest BCUT2D eigenvalue weighted by molar-refractivity contribution is 1.18. The summed E-state index contributed by atoms with van der Waals surface area (Å²) in [5.41, 5.74) is 19.7. The van der Waals surface area contributed by atoms with Gasteiger partial charge in [-0.1, -0.05) is 182 Å². The van der Waals surface area contributed by atoms with Crippen molar-refractivity contribution < 1.29 is 0 Å². The molecule has 0 saturated carbocycles. The van der Waals surface area contributed by atoms with Crippen molar-refractivity contribution in [3.05, 3.63) is 231 Å². The first-order valence-electron chi connectivity index (χ1n) is 22.2. The summed E-state index contributed by atoms with van der Waals surface area (Å²) in [5, 5.41) is 10.1. The van der Waals surface area contributed by atoms with E-state index in [-0.39, 0.29) is 0 Å². The van der Waals surface area contributed by atoms with E-state index in [2.05, 4.69) is 240 Å². The number of hydrogen-bond acceptors (Lipinski definition) is 0. The Morgan fingerprint density at radius 1 is 0.234 bits per heavy atom. The van der Waals surface area contributed by atoms with Crippen LogP contribution < -0.4 is 0 Å². The van der Waals surface area contributed by atoms with Gasteiger partial charge < -0.3 is 9.13 Å². The number of aromatic nitrogens is 2. The quantitative estimate of drug-likeness (QED) is 0.164. The second kappa shape index (κ2) is 13.5. The van der Waals surface area contributed by atoms with E-state index in [4.69, 9.17) is 0 Å². The Hall–Kier alpha value is -8.46. The molecule has 0 unspecified atom stereocenters. The highest BCUT2D eigenvalue weighted by molar-refractivity contribution is 6.20. The Kier molecular flexibility index (Phi) is 7.43. The van der Waals surface area contributed by atoms with Crippen LogP contribution in [0.3, 0.4) is 0 Å². The van der Waals surface area contributed by atoms with Gasteiger partial charge in [-0.15, -0.1) is 0 Å². The van der Waals surface area contributed by atoms with Gasteiger partial charge in [0.2, 0.25) is 0 Å². The molecule has 2 heteroatoms. The third-order valence-electron chi connectivity index (χ3n) is 13.8. The van der Waals surface area contributed by atoms with Crippen molar-refractivity contribution in [2.45, 2.75) is 0 Å². The molecule has 296 valence electrons. The second-order valence-corrected chi connectivity index (χ2v) is 17.2. The normalized spacial score (nSPS) is 12.1. The molecular formula is C62H38N2. The zero-order chi connectivity index (χ0) is 41.9. The summed E-state index contributed by atoms with van der Waals surface area (Å²) in [5.74, 6) is 0. The fourth-order valence-electron chi connectivity index (χ4n) is 11.0. The van der Waals surface area contributed by atoms with Crippen molar-refractivity contribution in [3.8, 4) is 67.0 Å². The van der Waals surface area contributed by atoms with Gasteiger partial charge in [-0.2, -0.15) is 0 Å². The fraction of sp³-hybridized carbons (Fsp3) is 0. The highest BCUT2D eigenvalue weighted by Gasteiger charge is 2.23. The predicted molar refractivity (Wildman–Crippen MR) is 271 cm³/mol. The van der Waals surface area contributed by atoms with E-state index >= 15 is 0 Å².